The molecule has 1 atom stereocenters. The Bertz CT molecular complexity index is 955. The normalized spacial score (nSPS) is 16.5. The molecule has 1 heterocycles. The van der Waals surface area contributed by atoms with Crippen LogP contribution in [0.25, 0.3) is 0 Å². The van der Waals surface area contributed by atoms with E-state index in [0.717, 1.165) is 0 Å². The summed E-state index contributed by atoms with van der Waals surface area (Å²) in [6, 6.07) is 7.03. The van der Waals surface area contributed by atoms with E-state index in [1.165, 1.54) is 17.9 Å². The summed E-state index contributed by atoms with van der Waals surface area (Å²) in [5, 5.41) is 2.03. The molecule has 1 N–H and O–H groups in total. The van der Waals surface area contributed by atoms with Crippen LogP contribution in [0.1, 0.15) is 18.1 Å². The van der Waals surface area contributed by atoms with Gasteiger partial charge in [-0.2, -0.15) is 26.3 Å². The molecule has 2 aromatic carbocycles. The number of carbonyl (C=O) groups is 2. The maximum absolute atomic E-state index is 13.0. The molecule has 3 rings (SSSR count). The molecule has 0 spiro atoms. The second-order valence-electron chi connectivity index (χ2n) is 6.49. The Balaban J connectivity index is 1.90. The number of para-hydroxylation sites is 2. The highest BCUT2D eigenvalue weighted by atomic mass is 19.4. The van der Waals surface area contributed by atoms with Gasteiger partial charge in [-0.3, -0.25) is 9.59 Å². The second kappa shape index (κ2) is 7.54. The predicted octanol–water partition coefficient (Wildman–Crippen LogP) is 4.48. The summed E-state index contributed by atoms with van der Waals surface area (Å²) in [7, 11) is 0. The number of alkyl halides is 6. The minimum Gasteiger partial charge on any atom is -0.476 e. The van der Waals surface area contributed by atoms with Crippen LogP contribution in [0, 0.1) is 0 Å². The average Bonchev–Trinajstić information content (AvgIpc) is 2.65. The van der Waals surface area contributed by atoms with E-state index in [-0.39, 0.29) is 18.4 Å². The number of hydrogen-bond donors (Lipinski definition) is 1. The van der Waals surface area contributed by atoms with Gasteiger partial charge >= 0.3 is 12.4 Å². The van der Waals surface area contributed by atoms with Gasteiger partial charge < -0.3 is 15.0 Å². The van der Waals surface area contributed by atoms with Crippen LogP contribution >= 0.6 is 0 Å². The molecular weight excluding hydrogens is 418 g/mol. The molecule has 2 amide bonds. The Kier molecular flexibility index (Phi) is 5.40. The first kappa shape index (κ1) is 21.5. The number of anilines is 2. The highest BCUT2D eigenvalue weighted by molar-refractivity contribution is 5.99. The van der Waals surface area contributed by atoms with Crippen molar-refractivity contribution >= 4 is 23.2 Å². The quantitative estimate of drug-likeness (QED) is 0.713. The van der Waals surface area contributed by atoms with Crippen molar-refractivity contribution in [3.63, 3.8) is 0 Å². The van der Waals surface area contributed by atoms with Crippen LogP contribution in [0.15, 0.2) is 42.5 Å². The molecule has 5 nitrogen and oxygen atoms in total. The summed E-state index contributed by atoms with van der Waals surface area (Å²) in [5.74, 6) is -1.23. The first-order valence-electron chi connectivity index (χ1n) is 8.50. The van der Waals surface area contributed by atoms with Gasteiger partial charge in [-0.05, 0) is 30.3 Å². The lowest BCUT2D eigenvalue weighted by Gasteiger charge is -2.33. The number of rotatable bonds is 2. The molecule has 0 saturated heterocycles. The van der Waals surface area contributed by atoms with Gasteiger partial charge in [-0.15, -0.1) is 0 Å². The maximum atomic E-state index is 13.0. The van der Waals surface area contributed by atoms with Crippen LogP contribution in [0.3, 0.4) is 0 Å². The van der Waals surface area contributed by atoms with Crippen LogP contribution < -0.4 is 15.0 Å². The highest BCUT2D eigenvalue weighted by Gasteiger charge is 2.38. The van der Waals surface area contributed by atoms with E-state index in [9.17, 15) is 35.9 Å². The number of nitrogens with one attached hydrogen (secondary N) is 1. The molecule has 0 aromatic heterocycles. The third-order valence-corrected chi connectivity index (χ3v) is 4.30. The third kappa shape index (κ3) is 4.50. The minimum absolute atomic E-state index is 0.0412. The Hall–Kier alpha value is -3.24. The molecule has 1 aliphatic rings. The largest absolute Gasteiger partial charge is 0.476 e. The van der Waals surface area contributed by atoms with E-state index in [0.29, 0.717) is 17.8 Å². The van der Waals surface area contributed by atoms with Crippen molar-refractivity contribution in [2.75, 3.05) is 16.8 Å². The lowest BCUT2D eigenvalue weighted by Crippen LogP contribution is -2.48. The van der Waals surface area contributed by atoms with Crippen LogP contribution in [0.5, 0.6) is 5.75 Å². The first-order valence-corrected chi connectivity index (χ1v) is 8.50. The van der Waals surface area contributed by atoms with Gasteiger partial charge in [0.2, 0.25) is 5.91 Å². The van der Waals surface area contributed by atoms with Crippen LogP contribution in [0.2, 0.25) is 0 Å². The smallest absolute Gasteiger partial charge is 0.416 e. The summed E-state index contributed by atoms with van der Waals surface area (Å²) in [6.07, 6.45) is -11.4. The minimum atomic E-state index is -5.05. The number of nitrogens with zero attached hydrogens (tertiary/aromatic N) is 1. The summed E-state index contributed by atoms with van der Waals surface area (Å²) < 4.78 is 83.4. The summed E-state index contributed by atoms with van der Waals surface area (Å²) in [6.45, 7) is 0.989. The number of ether oxygens (including phenoxy) is 1. The van der Waals surface area contributed by atoms with Crippen molar-refractivity contribution in [3.8, 4) is 5.75 Å². The molecular formula is C19H14F6N2O3. The number of fused-ring (bicyclic) bond motifs is 1. The van der Waals surface area contributed by atoms with Crippen molar-refractivity contribution in [2.45, 2.75) is 25.4 Å². The zero-order valence-electron chi connectivity index (χ0n) is 15.3. The Morgan fingerprint density at radius 2 is 1.57 bits per heavy atom. The molecule has 11 heteroatoms. The molecule has 160 valence electrons. The standard InChI is InChI=1S/C19H14F6N2O3/c1-10(28)27-9-16(30-15-5-3-2-4-14(15)27)17(29)26-13-7-11(18(20,21)22)6-12(8-13)19(23,24)25/h2-8,16H,9H2,1H3,(H,26,29)/t16-/m0/s1. The molecule has 30 heavy (non-hydrogen) atoms. The van der Waals surface area contributed by atoms with Crippen molar-refractivity contribution < 1.29 is 40.7 Å². The van der Waals surface area contributed by atoms with Gasteiger partial charge in [-0.1, -0.05) is 12.1 Å². The molecule has 0 radical (unpaired) electrons. The number of benzene rings is 2. The van der Waals surface area contributed by atoms with Crippen molar-refractivity contribution in [3.05, 3.63) is 53.6 Å². The monoisotopic (exact) mass is 432 g/mol. The van der Waals surface area contributed by atoms with Crippen LogP contribution in [-0.4, -0.2) is 24.5 Å². The zero-order valence-corrected chi connectivity index (χ0v) is 15.3. The number of hydrogen-bond acceptors (Lipinski definition) is 3. The fourth-order valence-electron chi connectivity index (χ4n) is 2.92. The SMILES string of the molecule is CC(=O)N1C[C@@H](C(=O)Nc2cc(C(F)(F)F)cc(C(F)(F)F)c2)Oc2ccccc21. The Labute approximate surface area is 166 Å². The Morgan fingerprint density at radius 1 is 1.00 bits per heavy atom. The third-order valence-electron chi connectivity index (χ3n) is 4.30. The molecule has 0 aliphatic carbocycles. The lowest BCUT2D eigenvalue weighted by molar-refractivity contribution is -0.143. The van der Waals surface area contributed by atoms with Gasteiger partial charge in [0.15, 0.2) is 6.10 Å². The molecule has 0 unspecified atom stereocenters. The fraction of sp³-hybridized carbons (Fsp3) is 0.263. The first-order chi connectivity index (χ1) is 13.9. The molecule has 2 aromatic rings. The van der Waals surface area contributed by atoms with Gasteiger partial charge in [0.1, 0.15) is 5.75 Å². The van der Waals surface area contributed by atoms with E-state index in [4.69, 9.17) is 4.74 Å². The van der Waals surface area contributed by atoms with E-state index >= 15 is 0 Å². The predicted molar refractivity (Wildman–Crippen MR) is 94.0 cm³/mol. The summed E-state index contributed by atoms with van der Waals surface area (Å²) in [4.78, 5) is 25.7. The van der Waals surface area contributed by atoms with Crippen molar-refractivity contribution in [2.24, 2.45) is 0 Å². The molecule has 0 saturated carbocycles. The molecule has 1 aliphatic heterocycles. The van der Waals surface area contributed by atoms with Crippen molar-refractivity contribution in [1.29, 1.82) is 0 Å². The van der Waals surface area contributed by atoms with E-state index < -0.39 is 47.1 Å². The van der Waals surface area contributed by atoms with E-state index in [1.54, 1.807) is 18.2 Å². The lowest BCUT2D eigenvalue weighted by atomic mass is 10.1. The van der Waals surface area contributed by atoms with Gasteiger partial charge in [0.25, 0.3) is 5.91 Å². The second-order valence-corrected chi connectivity index (χ2v) is 6.49. The molecule has 0 fully saturated rings. The van der Waals surface area contributed by atoms with Crippen molar-refractivity contribution in [1.82, 2.24) is 0 Å². The van der Waals surface area contributed by atoms with Gasteiger partial charge in [0, 0.05) is 12.6 Å². The van der Waals surface area contributed by atoms with Crippen LogP contribution in [-0.2, 0) is 21.9 Å². The van der Waals surface area contributed by atoms with E-state index in [1.807, 2.05) is 5.32 Å². The zero-order chi connectivity index (χ0) is 22.3. The number of halogens is 6. The fourth-order valence-corrected chi connectivity index (χ4v) is 2.92. The van der Waals surface area contributed by atoms with Gasteiger partial charge in [-0.25, -0.2) is 0 Å². The van der Waals surface area contributed by atoms with E-state index in [2.05, 4.69) is 0 Å². The van der Waals surface area contributed by atoms with Crippen LogP contribution in [0.4, 0.5) is 37.7 Å². The highest BCUT2D eigenvalue weighted by Crippen LogP contribution is 2.38. The van der Waals surface area contributed by atoms with Gasteiger partial charge in [0.05, 0.1) is 23.4 Å². The molecule has 0 bridgehead atoms. The summed E-state index contributed by atoms with van der Waals surface area (Å²) >= 11 is 0. The maximum Gasteiger partial charge on any atom is 0.416 e. The number of carbonyl (C=O) groups excluding carboxylic acids is 2. The summed E-state index contributed by atoms with van der Waals surface area (Å²) in [5.41, 5.74) is -3.42. The Morgan fingerprint density at radius 3 is 2.10 bits per heavy atom. The topological polar surface area (TPSA) is 58.6 Å². The number of amides is 2. The average molecular weight is 432 g/mol.